The number of hydrogen-bond acceptors (Lipinski definition) is 7. The summed E-state index contributed by atoms with van der Waals surface area (Å²) in [5, 5.41) is 13.0. The van der Waals surface area contributed by atoms with Crippen LogP contribution in [-0.4, -0.2) is 53.6 Å². The number of nitrogens with zero attached hydrogens (tertiary/aromatic N) is 4. The highest BCUT2D eigenvalue weighted by atomic mass is 19.1. The second-order valence-electron chi connectivity index (χ2n) is 7.92. The van der Waals surface area contributed by atoms with Gasteiger partial charge in [0.05, 0.1) is 23.6 Å². The van der Waals surface area contributed by atoms with E-state index in [1.54, 1.807) is 18.0 Å². The van der Waals surface area contributed by atoms with E-state index in [2.05, 4.69) is 15.3 Å². The largest absolute Gasteiger partial charge is 0.393 e. The van der Waals surface area contributed by atoms with Crippen molar-refractivity contribution in [3.05, 3.63) is 35.3 Å². The fraction of sp³-hybridized carbons (Fsp3) is 0.478. The highest BCUT2D eigenvalue weighted by molar-refractivity contribution is 5.94. The molecule has 10 heteroatoms. The van der Waals surface area contributed by atoms with Gasteiger partial charge in [-0.1, -0.05) is 13.8 Å². The van der Waals surface area contributed by atoms with E-state index < -0.39 is 17.8 Å². The fourth-order valence-electron chi connectivity index (χ4n) is 3.76. The van der Waals surface area contributed by atoms with E-state index in [4.69, 9.17) is 5.73 Å². The third kappa shape index (κ3) is 6.16. The third-order valence-corrected chi connectivity index (χ3v) is 5.43. The lowest BCUT2D eigenvalue weighted by Crippen LogP contribution is -2.40. The summed E-state index contributed by atoms with van der Waals surface area (Å²) >= 11 is 0. The van der Waals surface area contributed by atoms with Crippen LogP contribution in [-0.2, 0) is 4.79 Å². The summed E-state index contributed by atoms with van der Waals surface area (Å²) in [6.07, 6.45) is 4.59. The van der Waals surface area contributed by atoms with Gasteiger partial charge in [-0.05, 0) is 50.3 Å². The summed E-state index contributed by atoms with van der Waals surface area (Å²) in [6, 6.07) is 2.33. The molecule has 2 aromatic rings. The first-order valence-electron chi connectivity index (χ1n) is 11.0. The van der Waals surface area contributed by atoms with Crippen LogP contribution in [0, 0.1) is 12.7 Å². The average molecular weight is 461 g/mol. The summed E-state index contributed by atoms with van der Waals surface area (Å²) in [4.78, 5) is 35.5. The van der Waals surface area contributed by atoms with E-state index in [1.807, 2.05) is 27.9 Å². The fourth-order valence-corrected chi connectivity index (χ4v) is 3.76. The molecule has 1 aliphatic carbocycles. The number of primary amides is 1. The Balaban J connectivity index is 0.00000187. The van der Waals surface area contributed by atoms with Crippen molar-refractivity contribution in [3.63, 3.8) is 0 Å². The number of hydrogen-bond donors (Lipinski definition) is 3. The summed E-state index contributed by atoms with van der Waals surface area (Å²) < 4.78 is 14.2. The predicted molar refractivity (Wildman–Crippen MR) is 127 cm³/mol. The maximum atomic E-state index is 14.2. The van der Waals surface area contributed by atoms with Crippen molar-refractivity contribution < 1.29 is 19.1 Å². The highest BCUT2D eigenvalue weighted by Gasteiger charge is 2.29. The zero-order valence-corrected chi connectivity index (χ0v) is 19.8. The van der Waals surface area contributed by atoms with Crippen LogP contribution >= 0.6 is 0 Å². The summed E-state index contributed by atoms with van der Waals surface area (Å²) in [5.74, 6) is -1.05. The minimum absolute atomic E-state index is 0.165. The van der Waals surface area contributed by atoms with E-state index in [0.717, 1.165) is 18.9 Å². The van der Waals surface area contributed by atoms with Gasteiger partial charge in [-0.3, -0.25) is 14.5 Å². The minimum Gasteiger partial charge on any atom is -0.393 e. The van der Waals surface area contributed by atoms with Crippen LogP contribution in [0.1, 0.15) is 55.5 Å². The molecule has 0 aliphatic heterocycles. The van der Waals surface area contributed by atoms with Gasteiger partial charge in [0, 0.05) is 25.8 Å². The number of carbonyl (C=O) groups is 2. The van der Waals surface area contributed by atoms with Crippen molar-refractivity contribution in [3.8, 4) is 0 Å². The lowest BCUT2D eigenvalue weighted by atomic mass is 9.92. The molecule has 2 amide bonds. The molecule has 1 aliphatic rings. The maximum absolute atomic E-state index is 14.2. The number of halogens is 1. The smallest absolute Gasteiger partial charge is 0.251 e. The standard InChI is InChI=1S/C21H27FN6O3.C2H6/c1-12-7-15(19(23)31)16(22)9-17(12)25-21-24-10-18(27(2)3)20(26-21)28(11-29)13-5-4-6-14(30)8-13;1-2/h7,9-11,13-14,30H,4-6,8H2,1-3H3,(H2,23,31)(H,24,25,26);1-2H3. The van der Waals surface area contributed by atoms with Crippen LogP contribution in [0.25, 0.3) is 0 Å². The Bertz CT molecular complexity index is 985. The molecule has 1 saturated carbocycles. The number of aliphatic hydroxyl groups is 1. The Morgan fingerprint density at radius 1 is 1.30 bits per heavy atom. The van der Waals surface area contributed by atoms with Gasteiger partial charge in [-0.2, -0.15) is 4.98 Å². The van der Waals surface area contributed by atoms with E-state index in [9.17, 15) is 19.1 Å². The van der Waals surface area contributed by atoms with Gasteiger partial charge in [0.2, 0.25) is 12.4 Å². The van der Waals surface area contributed by atoms with E-state index in [1.165, 1.54) is 11.0 Å². The molecule has 3 rings (SSSR count). The average Bonchev–Trinajstić information content (AvgIpc) is 2.78. The van der Waals surface area contributed by atoms with Gasteiger partial charge >= 0.3 is 0 Å². The first-order valence-corrected chi connectivity index (χ1v) is 11.0. The first-order chi connectivity index (χ1) is 15.7. The summed E-state index contributed by atoms with van der Waals surface area (Å²) in [7, 11) is 3.63. The lowest BCUT2D eigenvalue weighted by Gasteiger charge is -2.34. The molecule has 4 N–H and O–H groups in total. The molecule has 33 heavy (non-hydrogen) atoms. The predicted octanol–water partition coefficient (Wildman–Crippen LogP) is 3.13. The van der Waals surface area contributed by atoms with Gasteiger partial charge in [-0.15, -0.1) is 0 Å². The number of amides is 2. The Labute approximate surface area is 193 Å². The van der Waals surface area contributed by atoms with Crippen molar-refractivity contribution in [2.24, 2.45) is 5.73 Å². The molecule has 1 aromatic heterocycles. The van der Waals surface area contributed by atoms with E-state index in [-0.39, 0.29) is 17.6 Å². The molecule has 1 fully saturated rings. The topological polar surface area (TPSA) is 125 Å². The Morgan fingerprint density at radius 3 is 2.58 bits per heavy atom. The normalized spacial score (nSPS) is 17.4. The second-order valence-corrected chi connectivity index (χ2v) is 7.92. The number of aromatic nitrogens is 2. The van der Waals surface area contributed by atoms with E-state index >= 15 is 0 Å². The van der Waals surface area contributed by atoms with Crippen LogP contribution < -0.4 is 20.9 Å². The molecule has 2 atom stereocenters. The molecule has 9 nitrogen and oxygen atoms in total. The zero-order valence-electron chi connectivity index (χ0n) is 19.8. The van der Waals surface area contributed by atoms with Crippen molar-refractivity contribution in [1.29, 1.82) is 0 Å². The highest BCUT2D eigenvalue weighted by Crippen LogP contribution is 2.32. The Kier molecular flexibility index (Phi) is 9.10. The van der Waals surface area contributed by atoms with Crippen molar-refractivity contribution in [2.75, 3.05) is 29.2 Å². The summed E-state index contributed by atoms with van der Waals surface area (Å²) in [5.41, 5.74) is 6.58. The van der Waals surface area contributed by atoms with Crippen molar-refractivity contribution >= 4 is 35.5 Å². The quantitative estimate of drug-likeness (QED) is 0.542. The minimum atomic E-state index is -0.850. The number of aryl methyl sites for hydroxylation is 1. The monoisotopic (exact) mass is 460 g/mol. The second kappa shape index (κ2) is 11.6. The molecule has 0 spiro atoms. The van der Waals surface area contributed by atoms with Gasteiger partial charge in [0.25, 0.3) is 5.91 Å². The van der Waals surface area contributed by atoms with Gasteiger partial charge in [0.1, 0.15) is 5.82 Å². The molecule has 0 saturated heterocycles. The van der Waals surface area contributed by atoms with Crippen LogP contribution in [0.15, 0.2) is 18.3 Å². The number of carbonyl (C=O) groups excluding carboxylic acids is 2. The summed E-state index contributed by atoms with van der Waals surface area (Å²) in [6.45, 7) is 5.70. The van der Waals surface area contributed by atoms with Crippen LogP contribution in [0.3, 0.4) is 0 Å². The number of nitrogens with two attached hydrogens (primary N) is 1. The molecule has 2 unspecified atom stereocenters. The molecule has 1 aromatic carbocycles. The molecule has 180 valence electrons. The Morgan fingerprint density at radius 2 is 2.00 bits per heavy atom. The number of benzene rings is 1. The van der Waals surface area contributed by atoms with E-state index in [0.29, 0.717) is 42.0 Å². The third-order valence-electron chi connectivity index (χ3n) is 5.43. The molecule has 0 bridgehead atoms. The number of anilines is 4. The molecular weight excluding hydrogens is 427 g/mol. The molecule has 0 radical (unpaired) electrons. The first kappa shape index (κ1) is 26.0. The Hall–Kier alpha value is -3.27. The van der Waals surface area contributed by atoms with Crippen LogP contribution in [0.4, 0.5) is 27.5 Å². The van der Waals surface area contributed by atoms with Gasteiger partial charge in [0.15, 0.2) is 5.82 Å². The van der Waals surface area contributed by atoms with Crippen molar-refractivity contribution in [2.45, 2.75) is 58.6 Å². The zero-order chi connectivity index (χ0) is 24.7. The van der Waals surface area contributed by atoms with Gasteiger partial charge < -0.3 is 21.1 Å². The SMILES string of the molecule is CC.Cc1cc(C(N)=O)c(F)cc1Nc1ncc(N(C)C)c(N(C=O)C2CCCC(O)C2)n1. The number of nitrogens with one attached hydrogen (secondary N) is 1. The van der Waals surface area contributed by atoms with Crippen LogP contribution in [0.5, 0.6) is 0 Å². The van der Waals surface area contributed by atoms with Gasteiger partial charge in [-0.25, -0.2) is 9.37 Å². The molecular formula is C23H33FN6O3. The van der Waals surface area contributed by atoms with Crippen molar-refractivity contribution in [1.82, 2.24) is 9.97 Å². The maximum Gasteiger partial charge on any atom is 0.251 e. The molecule has 1 heterocycles. The number of aliphatic hydroxyl groups excluding tert-OH is 1. The number of rotatable bonds is 7. The lowest BCUT2D eigenvalue weighted by molar-refractivity contribution is -0.108. The van der Waals surface area contributed by atoms with Crippen LogP contribution in [0.2, 0.25) is 0 Å².